The van der Waals surface area contributed by atoms with Gasteiger partial charge in [-0.25, -0.2) is 13.1 Å². The molecule has 0 aromatic heterocycles. The molecule has 0 aliphatic rings. The first-order chi connectivity index (χ1) is 12.8. The van der Waals surface area contributed by atoms with Gasteiger partial charge in [0.15, 0.2) is 5.96 Å². The van der Waals surface area contributed by atoms with Crippen molar-refractivity contribution in [3.8, 4) is 11.5 Å². The maximum Gasteiger partial charge on any atom is 0.387 e. The second-order valence-electron chi connectivity index (χ2n) is 5.36. The minimum Gasteiger partial charge on any atom is -0.497 e. The smallest absolute Gasteiger partial charge is 0.387 e. The van der Waals surface area contributed by atoms with Gasteiger partial charge in [0.1, 0.15) is 11.5 Å². The van der Waals surface area contributed by atoms with Gasteiger partial charge >= 0.3 is 6.61 Å². The van der Waals surface area contributed by atoms with Crippen LogP contribution < -0.4 is 24.8 Å². The Labute approximate surface area is 158 Å². The van der Waals surface area contributed by atoms with Crippen molar-refractivity contribution < 1.29 is 26.7 Å². The Morgan fingerprint density at radius 1 is 1.26 bits per heavy atom. The van der Waals surface area contributed by atoms with E-state index in [0.29, 0.717) is 36.8 Å². The Morgan fingerprint density at radius 2 is 2.00 bits per heavy atom. The van der Waals surface area contributed by atoms with Crippen LogP contribution >= 0.6 is 0 Å². The van der Waals surface area contributed by atoms with Crippen molar-refractivity contribution in [3.05, 3.63) is 23.8 Å². The molecule has 1 aromatic carbocycles. The van der Waals surface area contributed by atoms with Crippen LogP contribution in [0, 0.1) is 0 Å². The molecule has 0 bridgehead atoms. The van der Waals surface area contributed by atoms with E-state index in [0.717, 1.165) is 0 Å². The summed E-state index contributed by atoms with van der Waals surface area (Å²) in [6.07, 6.45) is 0.554. The summed E-state index contributed by atoms with van der Waals surface area (Å²) in [4.78, 5) is 4.03. The zero-order valence-corrected chi connectivity index (χ0v) is 16.4. The Morgan fingerprint density at radius 3 is 2.59 bits per heavy atom. The van der Waals surface area contributed by atoms with Crippen LogP contribution in [0.4, 0.5) is 8.78 Å². The molecule has 0 spiro atoms. The lowest BCUT2D eigenvalue weighted by atomic mass is 10.2. The molecule has 0 aliphatic heterocycles. The van der Waals surface area contributed by atoms with E-state index < -0.39 is 16.6 Å². The molecule has 1 rings (SSSR count). The topological polar surface area (TPSA) is 101 Å². The summed E-state index contributed by atoms with van der Waals surface area (Å²) in [6, 6.07) is 4.54. The number of hydrogen-bond acceptors (Lipinski definition) is 5. The van der Waals surface area contributed by atoms with Crippen LogP contribution in [0.25, 0.3) is 0 Å². The molecule has 0 atom stereocenters. The molecule has 1 aromatic rings. The van der Waals surface area contributed by atoms with E-state index in [1.807, 2.05) is 0 Å². The molecule has 0 radical (unpaired) electrons. The summed E-state index contributed by atoms with van der Waals surface area (Å²) in [6.45, 7) is -0.396. The first kappa shape index (κ1) is 22.9. The maximum atomic E-state index is 12.5. The van der Waals surface area contributed by atoms with Gasteiger partial charge in [-0.1, -0.05) is 0 Å². The molecule has 0 aliphatic carbocycles. The van der Waals surface area contributed by atoms with E-state index in [4.69, 9.17) is 4.74 Å². The van der Waals surface area contributed by atoms with E-state index in [-0.39, 0.29) is 18.0 Å². The molecule has 0 amide bonds. The number of guanidine groups is 1. The van der Waals surface area contributed by atoms with Crippen molar-refractivity contribution in [1.29, 1.82) is 0 Å². The molecule has 8 nitrogen and oxygen atoms in total. The quantitative estimate of drug-likeness (QED) is 0.290. The predicted octanol–water partition coefficient (Wildman–Crippen LogP) is 1.29. The van der Waals surface area contributed by atoms with Gasteiger partial charge in [0.05, 0.1) is 12.9 Å². The van der Waals surface area contributed by atoms with E-state index in [9.17, 15) is 17.2 Å². The van der Waals surface area contributed by atoms with Gasteiger partial charge in [-0.3, -0.25) is 4.99 Å². The highest BCUT2D eigenvalue weighted by Gasteiger charge is 2.11. The third-order valence-electron chi connectivity index (χ3n) is 3.50. The van der Waals surface area contributed by atoms with Gasteiger partial charge < -0.3 is 20.1 Å². The third-order valence-corrected chi connectivity index (χ3v) is 4.91. The number of aliphatic imine (C=N–C) groups is 1. The Kier molecular flexibility index (Phi) is 9.79. The number of hydrogen-bond donors (Lipinski definition) is 3. The molecule has 0 fully saturated rings. The van der Waals surface area contributed by atoms with Crippen LogP contribution in [-0.4, -0.2) is 54.0 Å². The fraction of sp³-hybridized carbons (Fsp3) is 0.562. The monoisotopic (exact) mass is 408 g/mol. The SMILES string of the molecule is CCS(=O)(=O)NCCCNC(=NC)NCc1cc(OC)ccc1OC(F)F. The molecular formula is C16H26F2N4O4S. The Hall–Kier alpha value is -2.14. The highest BCUT2D eigenvalue weighted by molar-refractivity contribution is 7.89. The summed E-state index contributed by atoms with van der Waals surface area (Å²) in [5.41, 5.74) is 0.480. The molecule has 27 heavy (non-hydrogen) atoms. The highest BCUT2D eigenvalue weighted by Crippen LogP contribution is 2.25. The second-order valence-corrected chi connectivity index (χ2v) is 7.45. The van der Waals surface area contributed by atoms with Crippen molar-refractivity contribution in [1.82, 2.24) is 15.4 Å². The average molecular weight is 408 g/mol. The number of methoxy groups -OCH3 is 1. The van der Waals surface area contributed by atoms with Crippen molar-refractivity contribution >= 4 is 16.0 Å². The number of nitrogens with one attached hydrogen (secondary N) is 3. The van der Waals surface area contributed by atoms with Crippen LogP contribution in [-0.2, 0) is 16.6 Å². The number of nitrogens with zero attached hydrogens (tertiary/aromatic N) is 1. The summed E-state index contributed by atoms with van der Waals surface area (Å²) < 4.78 is 59.8. The van der Waals surface area contributed by atoms with Crippen LogP contribution in [0.1, 0.15) is 18.9 Å². The van der Waals surface area contributed by atoms with E-state index >= 15 is 0 Å². The number of alkyl halides is 2. The molecule has 3 N–H and O–H groups in total. The second kappa shape index (κ2) is 11.5. The molecule has 0 heterocycles. The minimum atomic E-state index is -3.20. The molecule has 0 saturated heterocycles. The predicted molar refractivity (Wildman–Crippen MR) is 99.9 cm³/mol. The summed E-state index contributed by atoms with van der Waals surface area (Å²) in [5, 5.41) is 6.01. The molecule has 0 saturated carbocycles. The van der Waals surface area contributed by atoms with Crippen molar-refractivity contribution in [2.24, 2.45) is 4.99 Å². The fourth-order valence-electron chi connectivity index (χ4n) is 2.06. The Balaban J connectivity index is 2.54. The van der Waals surface area contributed by atoms with Crippen LogP contribution in [0.15, 0.2) is 23.2 Å². The minimum absolute atomic E-state index is 0.0349. The summed E-state index contributed by atoms with van der Waals surface area (Å²) in [7, 11) is -0.158. The molecule has 0 unspecified atom stereocenters. The van der Waals surface area contributed by atoms with Crippen LogP contribution in [0.5, 0.6) is 11.5 Å². The number of sulfonamides is 1. The van der Waals surface area contributed by atoms with Gasteiger partial charge in [0.25, 0.3) is 0 Å². The largest absolute Gasteiger partial charge is 0.497 e. The van der Waals surface area contributed by atoms with Crippen molar-refractivity contribution in [3.63, 3.8) is 0 Å². The molecular weight excluding hydrogens is 382 g/mol. The van der Waals surface area contributed by atoms with Crippen molar-refractivity contribution in [2.75, 3.05) is 33.0 Å². The van der Waals surface area contributed by atoms with Crippen LogP contribution in [0.2, 0.25) is 0 Å². The zero-order chi connectivity index (χ0) is 20.3. The van der Waals surface area contributed by atoms with Gasteiger partial charge in [-0.15, -0.1) is 0 Å². The lowest BCUT2D eigenvalue weighted by molar-refractivity contribution is -0.0505. The third kappa shape index (κ3) is 8.87. The van der Waals surface area contributed by atoms with E-state index in [1.54, 1.807) is 20.0 Å². The van der Waals surface area contributed by atoms with E-state index in [2.05, 4.69) is 25.1 Å². The number of halogens is 2. The maximum absolute atomic E-state index is 12.5. The highest BCUT2D eigenvalue weighted by atomic mass is 32.2. The first-order valence-electron chi connectivity index (χ1n) is 8.34. The standard InChI is InChI=1S/C16H26F2N4O4S/c1-4-27(23,24)22-9-5-8-20-16(19-2)21-11-12-10-13(25-3)6-7-14(12)26-15(17)18/h6-7,10,15,22H,4-5,8-9,11H2,1-3H3,(H2,19,20,21). The first-order valence-corrected chi connectivity index (χ1v) is 10.00. The van der Waals surface area contributed by atoms with Gasteiger partial charge in [0.2, 0.25) is 10.0 Å². The summed E-state index contributed by atoms with van der Waals surface area (Å²) in [5.74, 6) is 1.04. The van der Waals surface area contributed by atoms with Gasteiger partial charge in [0, 0.05) is 32.2 Å². The average Bonchev–Trinajstić information content (AvgIpc) is 2.64. The molecule has 11 heteroatoms. The molecule has 154 valence electrons. The number of benzene rings is 1. The Bertz CT molecular complexity index is 714. The van der Waals surface area contributed by atoms with E-state index in [1.165, 1.54) is 19.2 Å². The lowest BCUT2D eigenvalue weighted by Gasteiger charge is -2.15. The number of rotatable bonds is 11. The normalized spacial score (nSPS) is 12.1. The van der Waals surface area contributed by atoms with Crippen molar-refractivity contribution in [2.45, 2.75) is 26.5 Å². The van der Waals surface area contributed by atoms with Gasteiger partial charge in [-0.2, -0.15) is 8.78 Å². The lowest BCUT2D eigenvalue weighted by Crippen LogP contribution is -2.38. The fourth-order valence-corrected chi connectivity index (χ4v) is 2.72. The number of ether oxygens (including phenoxy) is 2. The van der Waals surface area contributed by atoms with Gasteiger partial charge in [-0.05, 0) is 31.5 Å². The zero-order valence-electron chi connectivity index (χ0n) is 15.6. The summed E-state index contributed by atoms with van der Waals surface area (Å²) >= 11 is 0. The van der Waals surface area contributed by atoms with Crippen LogP contribution in [0.3, 0.4) is 0 Å².